The van der Waals surface area contributed by atoms with Crippen LogP contribution in [0.1, 0.15) is 29.7 Å². The van der Waals surface area contributed by atoms with Gasteiger partial charge < -0.3 is 10.1 Å². The van der Waals surface area contributed by atoms with Gasteiger partial charge in [-0.25, -0.2) is 0 Å². The van der Waals surface area contributed by atoms with Gasteiger partial charge in [0.2, 0.25) is 5.91 Å². The lowest BCUT2D eigenvalue weighted by molar-refractivity contribution is -0.123. The summed E-state index contributed by atoms with van der Waals surface area (Å²) in [5.41, 5.74) is 4.00. The van der Waals surface area contributed by atoms with Gasteiger partial charge in [-0.3, -0.25) is 14.6 Å². The lowest BCUT2D eigenvalue weighted by Gasteiger charge is -2.38. The average Bonchev–Trinajstić information content (AvgIpc) is 2.75. The largest absolute Gasteiger partial charge is 0.379 e. The SMILES string of the molecule is C[C@@H](NC(=O)CN1CCc2ccccc2C1)[C@H](c1ccccc1)N1CCOCC1. The molecule has 1 fully saturated rings. The zero-order valence-electron chi connectivity index (χ0n) is 17.2. The van der Waals surface area contributed by atoms with Crippen molar-refractivity contribution in [3.05, 3.63) is 71.3 Å². The summed E-state index contributed by atoms with van der Waals surface area (Å²) in [7, 11) is 0. The number of hydrogen-bond donors (Lipinski definition) is 1. The van der Waals surface area contributed by atoms with Crippen molar-refractivity contribution >= 4 is 5.91 Å². The molecule has 5 nitrogen and oxygen atoms in total. The third-order valence-corrected chi connectivity index (χ3v) is 6.02. The van der Waals surface area contributed by atoms with E-state index >= 15 is 0 Å². The van der Waals surface area contributed by atoms with Gasteiger partial charge in [-0.2, -0.15) is 0 Å². The summed E-state index contributed by atoms with van der Waals surface area (Å²) in [5, 5.41) is 3.28. The predicted octanol–water partition coefficient (Wildman–Crippen LogP) is 2.62. The van der Waals surface area contributed by atoms with Crippen LogP contribution in [-0.2, 0) is 22.5 Å². The second-order valence-corrected chi connectivity index (χ2v) is 8.09. The summed E-state index contributed by atoms with van der Waals surface area (Å²) < 4.78 is 5.54. The Morgan fingerprint density at radius 1 is 1.00 bits per heavy atom. The summed E-state index contributed by atoms with van der Waals surface area (Å²) >= 11 is 0. The zero-order valence-corrected chi connectivity index (χ0v) is 17.2. The quantitative estimate of drug-likeness (QED) is 0.820. The molecule has 4 rings (SSSR count). The minimum Gasteiger partial charge on any atom is -0.379 e. The highest BCUT2D eigenvalue weighted by Gasteiger charge is 2.29. The molecule has 2 atom stereocenters. The number of carbonyl (C=O) groups is 1. The van der Waals surface area contributed by atoms with Crippen LogP contribution < -0.4 is 5.32 Å². The van der Waals surface area contributed by atoms with Gasteiger partial charge in [0.05, 0.1) is 25.8 Å². The molecule has 0 radical (unpaired) electrons. The molecule has 0 saturated carbocycles. The molecule has 0 bridgehead atoms. The lowest BCUT2D eigenvalue weighted by atomic mass is 9.98. The van der Waals surface area contributed by atoms with E-state index in [-0.39, 0.29) is 18.0 Å². The summed E-state index contributed by atoms with van der Waals surface area (Å²) in [5.74, 6) is 0.103. The smallest absolute Gasteiger partial charge is 0.234 e. The molecular weight excluding hydrogens is 362 g/mol. The van der Waals surface area contributed by atoms with E-state index in [2.05, 4.69) is 70.6 Å². The van der Waals surface area contributed by atoms with Crippen molar-refractivity contribution in [2.45, 2.75) is 32.0 Å². The Morgan fingerprint density at radius 2 is 1.69 bits per heavy atom. The van der Waals surface area contributed by atoms with E-state index < -0.39 is 0 Å². The van der Waals surface area contributed by atoms with E-state index in [4.69, 9.17) is 4.74 Å². The average molecular weight is 394 g/mol. The normalized spacial score (nSPS) is 19.9. The van der Waals surface area contributed by atoms with Crippen LogP contribution in [0.15, 0.2) is 54.6 Å². The molecule has 2 aliphatic rings. The number of rotatable bonds is 6. The fourth-order valence-electron chi connectivity index (χ4n) is 4.59. The molecule has 2 aromatic rings. The Balaban J connectivity index is 1.39. The first-order chi connectivity index (χ1) is 14.2. The molecule has 0 unspecified atom stereocenters. The van der Waals surface area contributed by atoms with Crippen LogP contribution in [0.25, 0.3) is 0 Å². The Bertz CT molecular complexity index is 805. The fourth-order valence-corrected chi connectivity index (χ4v) is 4.59. The van der Waals surface area contributed by atoms with E-state index in [9.17, 15) is 4.79 Å². The number of nitrogens with one attached hydrogen (secondary N) is 1. The van der Waals surface area contributed by atoms with Crippen molar-refractivity contribution in [1.29, 1.82) is 0 Å². The monoisotopic (exact) mass is 393 g/mol. The van der Waals surface area contributed by atoms with Crippen LogP contribution in [0.3, 0.4) is 0 Å². The van der Waals surface area contributed by atoms with Crippen LogP contribution in [0.2, 0.25) is 0 Å². The molecule has 0 spiro atoms. The van der Waals surface area contributed by atoms with Crippen molar-refractivity contribution in [2.75, 3.05) is 39.4 Å². The van der Waals surface area contributed by atoms with Gasteiger partial charge in [0, 0.05) is 32.2 Å². The number of fused-ring (bicyclic) bond motifs is 1. The van der Waals surface area contributed by atoms with Gasteiger partial charge in [0.15, 0.2) is 0 Å². The summed E-state index contributed by atoms with van der Waals surface area (Å²) in [6.45, 7) is 7.63. The summed E-state index contributed by atoms with van der Waals surface area (Å²) in [4.78, 5) is 17.5. The maximum Gasteiger partial charge on any atom is 0.234 e. The second-order valence-electron chi connectivity index (χ2n) is 8.09. The number of benzene rings is 2. The predicted molar refractivity (Wildman–Crippen MR) is 115 cm³/mol. The third kappa shape index (κ3) is 5.04. The fraction of sp³-hybridized carbons (Fsp3) is 0.458. The van der Waals surface area contributed by atoms with Gasteiger partial charge >= 0.3 is 0 Å². The highest BCUT2D eigenvalue weighted by Crippen LogP contribution is 2.25. The lowest BCUT2D eigenvalue weighted by Crippen LogP contribution is -2.50. The van der Waals surface area contributed by atoms with Gasteiger partial charge in [-0.05, 0) is 30.0 Å². The van der Waals surface area contributed by atoms with Crippen molar-refractivity contribution in [2.24, 2.45) is 0 Å². The van der Waals surface area contributed by atoms with E-state index in [1.54, 1.807) is 0 Å². The van der Waals surface area contributed by atoms with E-state index in [1.165, 1.54) is 16.7 Å². The number of carbonyl (C=O) groups excluding carboxylic acids is 1. The first kappa shape index (κ1) is 20.1. The number of amides is 1. The van der Waals surface area contributed by atoms with Crippen LogP contribution in [0, 0.1) is 0 Å². The highest BCUT2D eigenvalue weighted by atomic mass is 16.5. The maximum absolute atomic E-state index is 12.9. The Kier molecular flexibility index (Phi) is 6.60. The molecule has 154 valence electrons. The van der Waals surface area contributed by atoms with E-state index in [1.807, 2.05) is 6.07 Å². The van der Waals surface area contributed by atoms with Crippen LogP contribution in [0.5, 0.6) is 0 Å². The third-order valence-electron chi connectivity index (χ3n) is 6.02. The highest BCUT2D eigenvalue weighted by molar-refractivity contribution is 5.78. The van der Waals surface area contributed by atoms with Crippen LogP contribution >= 0.6 is 0 Å². The van der Waals surface area contributed by atoms with E-state index in [0.717, 1.165) is 45.8 Å². The number of morpholine rings is 1. The minimum atomic E-state index is 0.0278. The molecule has 2 aromatic carbocycles. The molecule has 0 aromatic heterocycles. The van der Waals surface area contributed by atoms with Crippen molar-refractivity contribution in [1.82, 2.24) is 15.1 Å². The van der Waals surface area contributed by atoms with Gasteiger partial charge in [-0.15, -0.1) is 0 Å². The summed E-state index contributed by atoms with van der Waals surface area (Å²) in [6, 6.07) is 19.2. The van der Waals surface area contributed by atoms with Crippen molar-refractivity contribution in [3.8, 4) is 0 Å². The Labute approximate surface area is 173 Å². The Morgan fingerprint density at radius 3 is 2.45 bits per heavy atom. The molecular formula is C24H31N3O2. The standard InChI is InChI=1S/C24H31N3O2/c1-19(24(21-8-3-2-4-9-21)27-13-15-29-16-14-27)25-23(28)18-26-12-11-20-7-5-6-10-22(20)17-26/h2-10,19,24H,11-18H2,1H3,(H,25,28)/t19-,24-/m1/s1. The van der Waals surface area contributed by atoms with Crippen LogP contribution in [-0.4, -0.2) is 61.1 Å². The van der Waals surface area contributed by atoms with Crippen molar-refractivity contribution in [3.63, 3.8) is 0 Å². The van der Waals surface area contributed by atoms with E-state index in [0.29, 0.717) is 6.54 Å². The first-order valence-electron chi connectivity index (χ1n) is 10.7. The number of ether oxygens (including phenoxy) is 1. The Hall–Kier alpha value is -2.21. The number of hydrogen-bond acceptors (Lipinski definition) is 4. The zero-order chi connectivity index (χ0) is 20.1. The molecule has 2 heterocycles. The molecule has 1 saturated heterocycles. The topological polar surface area (TPSA) is 44.8 Å². The molecule has 0 aliphatic carbocycles. The van der Waals surface area contributed by atoms with Gasteiger partial charge in [0.25, 0.3) is 0 Å². The number of nitrogens with zero attached hydrogens (tertiary/aromatic N) is 2. The minimum absolute atomic E-state index is 0.0278. The molecule has 29 heavy (non-hydrogen) atoms. The molecule has 1 amide bonds. The van der Waals surface area contributed by atoms with Crippen molar-refractivity contribution < 1.29 is 9.53 Å². The maximum atomic E-state index is 12.9. The van der Waals surface area contributed by atoms with Gasteiger partial charge in [-0.1, -0.05) is 54.6 Å². The summed E-state index contributed by atoms with van der Waals surface area (Å²) in [6.07, 6.45) is 1.01. The van der Waals surface area contributed by atoms with Crippen LogP contribution in [0.4, 0.5) is 0 Å². The first-order valence-corrected chi connectivity index (χ1v) is 10.7. The second kappa shape index (κ2) is 9.53. The molecule has 1 N–H and O–H groups in total. The molecule has 2 aliphatic heterocycles. The van der Waals surface area contributed by atoms with Gasteiger partial charge in [0.1, 0.15) is 0 Å². The molecule has 5 heteroatoms.